The number of hydrogen-bond donors (Lipinski definition) is 2. The quantitative estimate of drug-likeness (QED) is 0.615. The lowest BCUT2D eigenvalue weighted by Crippen LogP contribution is -2.30. The van der Waals surface area contributed by atoms with Crippen LogP contribution in [-0.2, 0) is 14.3 Å². The summed E-state index contributed by atoms with van der Waals surface area (Å²) in [6, 6.07) is 6.65. The zero-order chi connectivity index (χ0) is 16.1. The molecule has 2 rings (SSSR count). The number of ether oxygens (including phenoxy) is 1. The van der Waals surface area contributed by atoms with Crippen LogP contribution in [0, 0.1) is 5.92 Å². The first-order valence-corrected chi connectivity index (χ1v) is 7.76. The Bertz CT molecular complexity index is 608. The number of phenolic OH excluding ortho intramolecular Hbond substituents is 1. The Morgan fingerprint density at radius 1 is 1.36 bits per heavy atom. The molecule has 0 saturated heterocycles. The fourth-order valence-corrected chi connectivity index (χ4v) is 3.40. The van der Waals surface area contributed by atoms with Gasteiger partial charge in [0.05, 0.1) is 32.2 Å². The molecule has 1 aliphatic rings. The van der Waals surface area contributed by atoms with E-state index < -0.39 is 5.92 Å². The van der Waals surface area contributed by atoms with Crippen LogP contribution < -0.4 is 0 Å². The predicted octanol–water partition coefficient (Wildman–Crippen LogP) is 1.93. The lowest BCUT2D eigenvalue weighted by molar-refractivity contribution is -0.129. The van der Waals surface area contributed by atoms with E-state index in [0.29, 0.717) is 10.5 Å². The number of phenols is 1. The topological polar surface area (TPSA) is 83.8 Å². The van der Waals surface area contributed by atoms with Crippen molar-refractivity contribution in [1.82, 2.24) is 0 Å². The molecule has 6 heteroatoms. The second kappa shape index (κ2) is 7.58. The SMILES string of the molecule is CC1=C(Sc2cccc(O)c2)C(COCCO)C(=O)CC1=O. The second-order valence-electron chi connectivity index (χ2n) is 5.01. The third-order valence-corrected chi connectivity index (χ3v) is 4.69. The summed E-state index contributed by atoms with van der Waals surface area (Å²) in [6.45, 7) is 1.89. The van der Waals surface area contributed by atoms with Crippen LogP contribution in [0.2, 0.25) is 0 Å². The van der Waals surface area contributed by atoms with Crippen molar-refractivity contribution in [2.45, 2.75) is 18.2 Å². The van der Waals surface area contributed by atoms with Crippen molar-refractivity contribution >= 4 is 23.3 Å². The number of Topliss-reactive ketones (excluding diaryl/α,β-unsaturated/α-hetero) is 2. The number of hydrogen-bond acceptors (Lipinski definition) is 6. The van der Waals surface area contributed by atoms with E-state index in [2.05, 4.69) is 0 Å². The summed E-state index contributed by atoms with van der Waals surface area (Å²) >= 11 is 1.30. The number of aromatic hydroxyl groups is 1. The lowest BCUT2D eigenvalue weighted by atomic mass is 9.89. The number of allylic oxidation sites excluding steroid dienone is 1. The molecule has 0 spiro atoms. The Balaban J connectivity index is 2.26. The van der Waals surface area contributed by atoms with Crippen molar-refractivity contribution in [3.8, 4) is 5.75 Å². The van der Waals surface area contributed by atoms with E-state index >= 15 is 0 Å². The summed E-state index contributed by atoms with van der Waals surface area (Å²) in [7, 11) is 0. The molecule has 1 aliphatic carbocycles. The molecule has 118 valence electrons. The highest BCUT2D eigenvalue weighted by molar-refractivity contribution is 8.03. The van der Waals surface area contributed by atoms with E-state index in [1.54, 1.807) is 31.2 Å². The van der Waals surface area contributed by atoms with E-state index in [0.717, 1.165) is 4.90 Å². The number of aliphatic hydroxyl groups excluding tert-OH is 1. The van der Waals surface area contributed by atoms with E-state index in [1.165, 1.54) is 11.8 Å². The highest BCUT2D eigenvalue weighted by atomic mass is 32.2. The molecule has 0 heterocycles. The summed E-state index contributed by atoms with van der Waals surface area (Å²) in [4.78, 5) is 25.5. The first-order chi connectivity index (χ1) is 10.5. The molecule has 0 bridgehead atoms. The Kier molecular flexibility index (Phi) is 5.76. The van der Waals surface area contributed by atoms with Crippen LogP contribution in [0.1, 0.15) is 13.3 Å². The molecule has 0 aromatic heterocycles. The van der Waals surface area contributed by atoms with Crippen molar-refractivity contribution in [2.75, 3.05) is 19.8 Å². The zero-order valence-corrected chi connectivity index (χ0v) is 13.1. The van der Waals surface area contributed by atoms with Crippen LogP contribution in [0.5, 0.6) is 5.75 Å². The van der Waals surface area contributed by atoms with Crippen LogP contribution in [0.4, 0.5) is 0 Å². The number of carbonyl (C=O) groups excluding carboxylic acids is 2. The number of benzene rings is 1. The summed E-state index contributed by atoms with van der Waals surface area (Å²) in [5.74, 6) is -0.719. The maximum absolute atomic E-state index is 12.2. The molecule has 0 saturated carbocycles. The maximum Gasteiger partial charge on any atom is 0.166 e. The van der Waals surface area contributed by atoms with Crippen molar-refractivity contribution in [1.29, 1.82) is 0 Å². The average Bonchev–Trinajstić information content (AvgIpc) is 2.48. The van der Waals surface area contributed by atoms with Crippen molar-refractivity contribution < 1.29 is 24.5 Å². The fraction of sp³-hybridized carbons (Fsp3) is 0.375. The van der Waals surface area contributed by atoms with Crippen LogP contribution in [0.15, 0.2) is 39.6 Å². The van der Waals surface area contributed by atoms with Gasteiger partial charge in [0.25, 0.3) is 0 Å². The fourth-order valence-electron chi connectivity index (χ4n) is 2.22. The monoisotopic (exact) mass is 322 g/mol. The molecule has 1 atom stereocenters. The minimum atomic E-state index is -0.503. The van der Waals surface area contributed by atoms with E-state index in [4.69, 9.17) is 9.84 Å². The van der Waals surface area contributed by atoms with E-state index in [-0.39, 0.29) is 43.6 Å². The van der Waals surface area contributed by atoms with Gasteiger partial charge in [-0.05, 0) is 25.1 Å². The van der Waals surface area contributed by atoms with Gasteiger partial charge < -0.3 is 14.9 Å². The summed E-state index contributed by atoms with van der Waals surface area (Å²) < 4.78 is 5.29. The number of rotatable bonds is 6. The summed E-state index contributed by atoms with van der Waals surface area (Å²) in [6.07, 6.45) is -0.108. The second-order valence-corrected chi connectivity index (χ2v) is 6.12. The van der Waals surface area contributed by atoms with Gasteiger partial charge in [-0.25, -0.2) is 0 Å². The Hall–Kier alpha value is -1.63. The Morgan fingerprint density at radius 2 is 2.14 bits per heavy atom. The molecular weight excluding hydrogens is 304 g/mol. The standard InChI is InChI=1S/C16H18O5S/c1-10-14(19)8-15(20)13(9-21-6-5-17)16(10)22-12-4-2-3-11(18)7-12/h2-4,7,13,17-18H,5-6,8-9H2,1H3. The Labute approximate surface area is 133 Å². The van der Waals surface area contributed by atoms with E-state index in [1.807, 2.05) is 0 Å². The molecule has 1 aromatic rings. The van der Waals surface area contributed by atoms with Crippen molar-refractivity contribution in [3.63, 3.8) is 0 Å². The first kappa shape index (κ1) is 16.7. The molecule has 0 amide bonds. The van der Waals surface area contributed by atoms with Gasteiger partial charge >= 0.3 is 0 Å². The third kappa shape index (κ3) is 3.97. The minimum absolute atomic E-state index is 0.108. The smallest absolute Gasteiger partial charge is 0.166 e. The normalized spacial score (nSPS) is 18.9. The van der Waals surface area contributed by atoms with Gasteiger partial charge in [0.15, 0.2) is 11.6 Å². The van der Waals surface area contributed by atoms with Gasteiger partial charge in [-0.15, -0.1) is 0 Å². The van der Waals surface area contributed by atoms with Gasteiger partial charge in [-0.2, -0.15) is 0 Å². The third-order valence-electron chi connectivity index (χ3n) is 3.39. The summed E-state index contributed by atoms with van der Waals surface area (Å²) in [5, 5.41) is 18.3. The lowest BCUT2D eigenvalue weighted by Gasteiger charge is -2.25. The Morgan fingerprint density at radius 3 is 2.82 bits per heavy atom. The predicted molar refractivity (Wildman–Crippen MR) is 82.7 cm³/mol. The molecule has 2 N–H and O–H groups in total. The first-order valence-electron chi connectivity index (χ1n) is 6.95. The highest BCUT2D eigenvalue weighted by Crippen LogP contribution is 2.39. The number of carbonyl (C=O) groups is 2. The van der Waals surface area contributed by atoms with Crippen LogP contribution in [0.25, 0.3) is 0 Å². The number of aliphatic hydroxyl groups is 1. The number of ketones is 2. The van der Waals surface area contributed by atoms with E-state index in [9.17, 15) is 14.7 Å². The highest BCUT2D eigenvalue weighted by Gasteiger charge is 2.33. The maximum atomic E-state index is 12.2. The molecule has 0 radical (unpaired) electrons. The van der Waals surface area contributed by atoms with Crippen LogP contribution in [-0.4, -0.2) is 41.6 Å². The molecule has 5 nitrogen and oxygen atoms in total. The molecule has 0 fully saturated rings. The molecule has 22 heavy (non-hydrogen) atoms. The van der Waals surface area contributed by atoms with Gasteiger partial charge in [-0.1, -0.05) is 17.8 Å². The van der Waals surface area contributed by atoms with Crippen LogP contribution in [0.3, 0.4) is 0 Å². The molecular formula is C16H18O5S. The van der Waals surface area contributed by atoms with Crippen molar-refractivity contribution in [2.24, 2.45) is 5.92 Å². The summed E-state index contributed by atoms with van der Waals surface area (Å²) in [5.41, 5.74) is 0.561. The average molecular weight is 322 g/mol. The minimum Gasteiger partial charge on any atom is -0.508 e. The van der Waals surface area contributed by atoms with Crippen molar-refractivity contribution in [3.05, 3.63) is 34.7 Å². The number of thioether (sulfide) groups is 1. The van der Waals surface area contributed by atoms with Gasteiger partial charge in [0.2, 0.25) is 0 Å². The van der Waals surface area contributed by atoms with Gasteiger partial charge in [-0.3, -0.25) is 9.59 Å². The van der Waals surface area contributed by atoms with Gasteiger partial charge in [0.1, 0.15) is 5.75 Å². The molecule has 1 unspecified atom stereocenters. The largest absolute Gasteiger partial charge is 0.508 e. The molecule has 0 aliphatic heterocycles. The van der Waals surface area contributed by atoms with Crippen LogP contribution >= 0.6 is 11.8 Å². The zero-order valence-electron chi connectivity index (χ0n) is 12.2. The molecule has 1 aromatic carbocycles. The van der Waals surface area contributed by atoms with Gasteiger partial charge in [0, 0.05) is 15.4 Å².